The van der Waals surface area contributed by atoms with Crippen LogP contribution in [0.15, 0.2) is 188 Å². The number of benzene rings is 8. The van der Waals surface area contributed by atoms with Crippen molar-refractivity contribution in [3.8, 4) is 67.5 Å². The summed E-state index contributed by atoms with van der Waals surface area (Å²) in [7, 11) is 0. The standard InChI is InChI=1S/C49H31N3S/c1-4-15-32(16-5-1)43-31-38-21-10-11-26-40(38)44-42-28-14-27-41(45(42)53-46(43)44)37-24-12-22-35(29-37)36-23-13-25-39(30-36)49-51-47(33-17-6-2-7-18-33)50-48(52-49)34-19-8-3-9-20-34/h1-31H. The fraction of sp³-hybridized carbons (Fsp3) is 0. The molecule has 248 valence electrons. The highest BCUT2D eigenvalue weighted by Crippen LogP contribution is 2.47. The second-order valence-corrected chi connectivity index (χ2v) is 14.2. The Hall–Kier alpha value is -6.75. The highest BCUT2D eigenvalue weighted by atomic mass is 32.1. The van der Waals surface area contributed by atoms with Crippen LogP contribution in [0, 0.1) is 0 Å². The van der Waals surface area contributed by atoms with Crippen LogP contribution in [0.1, 0.15) is 0 Å². The molecule has 0 N–H and O–H groups in total. The van der Waals surface area contributed by atoms with E-state index >= 15 is 0 Å². The number of fused-ring (bicyclic) bond motifs is 5. The molecule has 0 atom stereocenters. The van der Waals surface area contributed by atoms with Crippen LogP contribution in [0.5, 0.6) is 0 Å². The fourth-order valence-electron chi connectivity index (χ4n) is 7.35. The second kappa shape index (κ2) is 13.1. The highest BCUT2D eigenvalue weighted by molar-refractivity contribution is 7.27. The summed E-state index contributed by atoms with van der Waals surface area (Å²) < 4.78 is 2.62. The van der Waals surface area contributed by atoms with Crippen LogP contribution >= 0.6 is 11.3 Å². The number of rotatable bonds is 6. The molecule has 2 heterocycles. The van der Waals surface area contributed by atoms with Crippen molar-refractivity contribution in [2.45, 2.75) is 0 Å². The Labute approximate surface area is 311 Å². The van der Waals surface area contributed by atoms with Crippen molar-refractivity contribution in [3.05, 3.63) is 188 Å². The third kappa shape index (κ3) is 5.66. The number of nitrogens with zero attached hydrogens (tertiary/aromatic N) is 3. The van der Waals surface area contributed by atoms with Crippen molar-refractivity contribution in [1.29, 1.82) is 0 Å². The maximum Gasteiger partial charge on any atom is 0.164 e. The van der Waals surface area contributed by atoms with Gasteiger partial charge >= 0.3 is 0 Å². The molecule has 0 aliphatic rings. The van der Waals surface area contributed by atoms with E-state index in [1.807, 2.05) is 72.0 Å². The number of hydrogen-bond donors (Lipinski definition) is 0. The first-order valence-corrected chi connectivity index (χ1v) is 18.6. The van der Waals surface area contributed by atoms with Gasteiger partial charge in [-0.1, -0.05) is 170 Å². The Kier molecular flexibility index (Phi) is 7.67. The molecule has 0 spiro atoms. The molecule has 0 saturated carbocycles. The summed E-state index contributed by atoms with van der Waals surface area (Å²) in [6.45, 7) is 0. The summed E-state index contributed by atoms with van der Waals surface area (Å²) in [5, 5.41) is 5.17. The Morgan fingerprint density at radius 3 is 1.43 bits per heavy atom. The van der Waals surface area contributed by atoms with Gasteiger partial charge in [0.05, 0.1) is 0 Å². The SMILES string of the molecule is c1ccc(-c2nc(-c3ccccc3)nc(-c3cccc(-c4cccc(-c5cccc6c5sc5c(-c7ccccc7)cc7ccccc7c56)c4)c3)n2)cc1. The molecule has 10 aromatic rings. The molecule has 0 aliphatic heterocycles. The maximum absolute atomic E-state index is 4.98. The first kappa shape index (κ1) is 31.0. The zero-order valence-corrected chi connectivity index (χ0v) is 29.5. The number of hydrogen-bond acceptors (Lipinski definition) is 4. The molecular weight excluding hydrogens is 663 g/mol. The minimum atomic E-state index is 0.646. The molecule has 0 aliphatic carbocycles. The van der Waals surface area contributed by atoms with Gasteiger partial charge < -0.3 is 0 Å². The van der Waals surface area contributed by atoms with Crippen molar-refractivity contribution in [2.24, 2.45) is 0 Å². The van der Waals surface area contributed by atoms with Gasteiger partial charge in [0.1, 0.15) is 0 Å². The average molecular weight is 694 g/mol. The van der Waals surface area contributed by atoms with E-state index in [2.05, 4.69) is 127 Å². The van der Waals surface area contributed by atoms with Crippen LogP contribution in [-0.2, 0) is 0 Å². The third-order valence-electron chi connectivity index (χ3n) is 9.90. The van der Waals surface area contributed by atoms with Crippen molar-refractivity contribution in [3.63, 3.8) is 0 Å². The molecule has 8 aromatic carbocycles. The predicted molar refractivity (Wildman–Crippen MR) is 223 cm³/mol. The molecule has 0 fully saturated rings. The van der Waals surface area contributed by atoms with Gasteiger partial charge in [-0.3, -0.25) is 0 Å². The van der Waals surface area contributed by atoms with Gasteiger partial charge in [-0.2, -0.15) is 0 Å². The molecule has 10 rings (SSSR count). The smallest absolute Gasteiger partial charge is 0.164 e. The first-order valence-electron chi connectivity index (χ1n) is 17.8. The van der Waals surface area contributed by atoms with Crippen LogP contribution in [0.2, 0.25) is 0 Å². The Balaban J connectivity index is 1.10. The first-order chi connectivity index (χ1) is 26.3. The third-order valence-corrected chi connectivity index (χ3v) is 11.2. The van der Waals surface area contributed by atoms with E-state index in [0.29, 0.717) is 17.5 Å². The maximum atomic E-state index is 4.98. The average Bonchev–Trinajstić information content (AvgIpc) is 3.65. The zero-order chi connectivity index (χ0) is 35.1. The van der Waals surface area contributed by atoms with Crippen LogP contribution in [0.4, 0.5) is 0 Å². The van der Waals surface area contributed by atoms with E-state index in [4.69, 9.17) is 15.0 Å². The van der Waals surface area contributed by atoms with Gasteiger partial charge in [0.25, 0.3) is 0 Å². The monoisotopic (exact) mass is 693 g/mol. The quantitative estimate of drug-likeness (QED) is 0.174. The molecule has 0 unspecified atom stereocenters. The van der Waals surface area contributed by atoms with Gasteiger partial charge in [0.2, 0.25) is 0 Å². The van der Waals surface area contributed by atoms with E-state index in [9.17, 15) is 0 Å². The summed E-state index contributed by atoms with van der Waals surface area (Å²) in [5.41, 5.74) is 10.0. The molecule has 53 heavy (non-hydrogen) atoms. The number of aromatic nitrogens is 3. The van der Waals surface area contributed by atoms with Gasteiger partial charge in [0, 0.05) is 42.4 Å². The molecule has 4 heteroatoms. The van der Waals surface area contributed by atoms with Crippen molar-refractivity contribution in [2.75, 3.05) is 0 Å². The fourth-order valence-corrected chi connectivity index (χ4v) is 8.74. The van der Waals surface area contributed by atoms with E-state index in [0.717, 1.165) is 27.8 Å². The molecule has 0 saturated heterocycles. The Morgan fingerprint density at radius 2 is 0.774 bits per heavy atom. The van der Waals surface area contributed by atoms with E-state index in [1.165, 1.54) is 53.2 Å². The highest BCUT2D eigenvalue weighted by Gasteiger charge is 2.18. The number of thiophene rings is 1. The van der Waals surface area contributed by atoms with Gasteiger partial charge in [-0.25, -0.2) is 15.0 Å². The Bertz CT molecular complexity index is 2880. The summed E-state index contributed by atoms with van der Waals surface area (Å²) in [5.74, 6) is 1.95. The summed E-state index contributed by atoms with van der Waals surface area (Å²) in [4.78, 5) is 14.9. The molecule has 3 nitrogen and oxygen atoms in total. The van der Waals surface area contributed by atoms with Gasteiger partial charge in [0.15, 0.2) is 17.5 Å². The molecule has 0 amide bonds. The lowest BCUT2D eigenvalue weighted by molar-refractivity contribution is 1.07. The van der Waals surface area contributed by atoms with E-state index in [1.54, 1.807) is 0 Å². The topological polar surface area (TPSA) is 38.7 Å². The van der Waals surface area contributed by atoms with Crippen LogP contribution < -0.4 is 0 Å². The van der Waals surface area contributed by atoms with Crippen LogP contribution in [0.3, 0.4) is 0 Å². The minimum absolute atomic E-state index is 0.646. The Morgan fingerprint density at radius 1 is 0.302 bits per heavy atom. The lowest BCUT2D eigenvalue weighted by atomic mass is 9.94. The van der Waals surface area contributed by atoms with Crippen molar-refractivity contribution >= 4 is 42.3 Å². The summed E-state index contributed by atoms with van der Waals surface area (Å²) in [6, 6.07) is 66.3. The molecule has 0 bridgehead atoms. The molecular formula is C49H31N3S. The van der Waals surface area contributed by atoms with Gasteiger partial charge in [-0.05, 0) is 56.8 Å². The lowest BCUT2D eigenvalue weighted by Gasteiger charge is -2.11. The van der Waals surface area contributed by atoms with Crippen LogP contribution in [-0.4, -0.2) is 15.0 Å². The van der Waals surface area contributed by atoms with Crippen molar-refractivity contribution < 1.29 is 0 Å². The lowest BCUT2D eigenvalue weighted by Crippen LogP contribution is -2.00. The predicted octanol–water partition coefficient (Wildman–Crippen LogP) is 13.4. The minimum Gasteiger partial charge on any atom is -0.208 e. The normalized spacial score (nSPS) is 11.4. The van der Waals surface area contributed by atoms with E-state index < -0.39 is 0 Å². The van der Waals surface area contributed by atoms with Crippen molar-refractivity contribution in [1.82, 2.24) is 15.0 Å². The largest absolute Gasteiger partial charge is 0.208 e. The van der Waals surface area contributed by atoms with Gasteiger partial charge in [-0.15, -0.1) is 11.3 Å². The second-order valence-electron chi connectivity index (χ2n) is 13.2. The molecule has 0 radical (unpaired) electrons. The zero-order valence-electron chi connectivity index (χ0n) is 28.6. The van der Waals surface area contributed by atoms with Crippen LogP contribution in [0.25, 0.3) is 98.5 Å². The summed E-state index contributed by atoms with van der Waals surface area (Å²) in [6.07, 6.45) is 0. The van der Waals surface area contributed by atoms with E-state index in [-0.39, 0.29) is 0 Å². The molecule has 2 aromatic heterocycles. The summed E-state index contributed by atoms with van der Waals surface area (Å²) >= 11 is 1.90.